The highest BCUT2D eigenvalue weighted by Crippen LogP contribution is 2.26. The van der Waals surface area contributed by atoms with Crippen LogP contribution in [0.1, 0.15) is 10.5 Å². The van der Waals surface area contributed by atoms with E-state index >= 15 is 0 Å². The van der Waals surface area contributed by atoms with Gasteiger partial charge in [0.05, 0.1) is 16.8 Å². The number of carbonyl (C=O) groups is 1. The Morgan fingerprint density at radius 3 is 2.52 bits per heavy atom. The van der Waals surface area contributed by atoms with E-state index in [1.54, 1.807) is 0 Å². The van der Waals surface area contributed by atoms with Crippen molar-refractivity contribution < 1.29 is 22.0 Å². The van der Waals surface area contributed by atoms with Gasteiger partial charge in [-0.2, -0.15) is 8.78 Å². The van der Waals surface area contributed by atoms with Crippen molar-refractivity contribution in [1.29, 1.82) is 0 Å². The van der Waals surface area contributed by atoms with Crippen LogP contribution >= 0.6 is 0 Å². The third-order valence-electron chi connectivity index (χ3n) is 2.47. The maximum absolute atomic E-state index is 12.6. The lowest BCUT2D eigenvalue weighted by Crippen LogP contribution is -2.18. The SMILES string of the molecule is O=C(Nc1ccccc1S(=O)(=O)C(F)F)c1cnccn1. The summed E-state index contributed by atoms with van der Waals surface area (Å²) in [5.41, 5.74) is -0.310. The zero-order valence-corrected chi connectivity index (χ0v) is 11.2. The van der Waals surface area contributed by atoms with Crippen molar-refractivity contribution in [2.75, 3.05) is 5.32 Å². The fraction of sp³-hybridized carbons (Fsp3) is 0.0833. The van der Waals surface area contributed by atoms with Gasteiger partial charge in [0, 0.05) is 12.4 Å². The molecular weight excluding hydrogens is 304 g/mol. The number of rotatable bonds is 4. The number of amides is 1. The summed E-state index contributed by atoms with van der Waals surface area (Å²) in [5, 5.41) is 2.23. The van der Waals surface area contributed by atoms with E-state index in [1.165, 1.54) is 36.8 Å². The van der Waals surface area contributed by atoms with Crippen LogP contribution in [-0.4, -0.2) is 30.1 Å². The second-order valence-electron chi connectivity index (χ2n) is 3.85. The number of nitrogens with zero attached hydrogens (tertiary/aromatic N) is 2. The molecular formula is C12H9F2N3O3S. The molecule has 0 saturated heterocycles. The zero-order chi connectivity index (χ0) is 15.5. The van der Waals surface area contributed by atoms with Gasteiger partial charge in [0.1, 0.15) is 5.69 Å². The molecule has 0 aliphatic heterocycles. The summed E-state index contributed by atoms with van der Waals surface area (Å²) >= 11 is 0. The molecule has 9 heteroatoms. The smallest absolute Gasteiger partial charge is 0.319 e. The summed E-state index contributed by atoms with van der Waals surface area (Å²) in [7, 11) is -4.82. The molecule has 1 heterocycles. The molecule has 1 aromatic heterocycles. The van der Waals surface area contributed by atoms with Gasteiger partial charge in [-0.3, -0.25) is 9.78 Å². The van der Waals surface area contributed by atoms with Crippen LogP contribution in [0.3, 0.4) is 0 Å². The third kappa shape index (κ3) is 3.19. The van der Waals surface area contributed by atoms with Crippen LogP contribution in [0.5, 0.6) is 0 Å². The maximum atomic E-state index is 12.6. The van der Waals surface area contributed by atoms with Gasteiger partial charge in [-0.05, 0) is 12.1 Å². The largest absolute Gasteiger partial charge is 0.341 e. The van der Waals surface area contributed by atoms with Crippen molar-refractivity contribution in [3.63, 3.8) is 0 Å². The van der Waals surface area contributed by atoms with E-state index in [1.807, 2.05) is 0 Å². The fourth-order valence-electron chi connectivity index (χ4n) is 1.52. The summed E-state index contributed by atoms with van der Waals surface area (Å²) in [5.74, 6) is -4.33. The van der Waals surface area contributed by atoms with Gasteiger partial charge in [-0.15, -0.1) is 0 Å². The summed E-state index contributed by atoms with van der Waals surface area (Å²) in [6.45, 7) is 0. The Morgan fingerprint density at radius 2 is 1.90 bits per heavy atom. The van der Waals surface area contributed by atoms with Crippen molar-refractivity contribution >= 4 is 21.4 Å². The molecule has 0 aliphatic carbocycles. The summed E-state index contributed by atoms with van der Waals surface area (Å²) in [6, 6.07) is 4.90. The molecule has 0 fully saturated rings. The molecule has 0 radical (unpaired) electrons. The number of halogens is 2. The van der Waals surface area contributed by atoms with E-state index in [-0.39, 0.29) is 11.4 Å². The highest BCUT2D eigenvalue weighted by Gasteiger charge is 2.29. The van der Waals surface area contributed by atoms with Gasteiger partial charge < -0.3 is 5.32 Å². The molecule has 1 aromatic carbocycles. The monoisotopic (exact) mass is 313 g/mol. The predicted octanol–water partition coefficient (Wildman–Crippen LogP) is 1.73. The lowest BCUT2D eigenvalue weighted by atomic mass is 10.3. The summed E-state index contributed by atoms with van der Waals surface area (Å²) in [4.78, 5) is 18.6. The van der Waals surface area contributed by atoms with Gasteiger partial charge >= 0.3 is 5.76 Å². The van der Waals surface area contributed by atoms with Crippen LogP contribution < -0.4 is 5.32 Å². The fourth-order valence-corrected chi connectivity index (χ4v) is 2.40. The summed E-state index contributed by atoms with van der Waals surface area (Å²) in [6.07, 6.45) is 3.79. The Balaban J connectivity index is 2.36. The molecule has 2 rings (SSSR count). The van der Waals surface area contributed by atoms with E-state index in [0.717, 1.165) is 6.07 Å². The topological polar surface area (TPSA) is 89.0 Å². The first-order chi connectivity index (χ1) is 9.93. The van der Waals surface area contributed by atoms with E-state index in [9.17, 15) is 22.0 Å². The van der Waals surface area contributed by atoms with E-state index in [2.05, 4.69) is 15.3 Å². The van der Waals surface area contributed by atoms with E-state index in [0.29, 0.717) is 0 Å². The lowest BCUT2D eigenvalue weighted by molar-refractivity contribution is 0.102. The van der Waals surface area contributed by atoms with Crippen molar-refractivity contribution in [2.24, 2.45) is 0 Å². The maximum Gasteiger partial charge on any atom is 0.341 e. The minimum absolute atomic E-state index is 0.0678. The Morgan fingerprint density at radius 1 is 1.19 bits per heavy atom. The number of nitrogens with one attached hydrogen (secondary N) is 1. The first-order valence-corrected chi connectivity index (χ1v) is 7.16. The van der Waals surface area contributed by atoms with Gasteiger partial charge in [-0.1, -0.05) is 12.1 Å². The minimum atomic E-state index is -4.82. The molecule has 6 nitrogen and oxygen atoms in total. The third-order valence-corrected chi connectivity index (χ3v) is 3.91. The number of benzene rings is 1. The average molecular weight is 313 g/mol. The number of carbonyl (C=O) groups excluding carboxylic acids is 1. The average Bonchev–Trinajstić information content (AvgIpc) is 2.48. The number of hydrogen-bond donors (Lipinski definition) is 1. The molecule has 0 saturated carbocycles. The van der Waals surface area contributed by atoms with Crippen LogP contribution in [0.2, 0.25) is 0 Å². The highest BCUT2D eigenvalue weighted by molar-refractivity contribution is 7.91. The summed E-state index contributed by atoms with van der Waals surface area (Å²) < 4.78 is 48.3. The number of sulfone groups is 1. The standard InChI is InChI=1S/C12H9F2N3O3S/c13-12(14)21(19,20)10-4-2-1-3-8(10)17-11(18)9-7-15-5-6-16-9/h1-7,12H,(H,17,18). The number of anilines is 1. The van der Waals surface area contributed by atoms with Gasteiger partial charge in [0.2, 0.25) is 9.84 Å². The molecule has 110 valence electrons. The number of hydrogen-bond acceptors (Lipinski definition) is 5. The molecule has 0 spiro atoms. The Labute approximate surface area is 118 Å². The quantitative estimate of drug-likeness (QED) is 0.928. The zero-order valence-electron chi connectivity index (χ0n) is 10.4. The van der Waals surface area contributed by atoms with Gasteiger partial charge in [-0.25, -0.2) is 13.4 Å². The van der Waals surface area contributed by atoms with Crippen LogP contribution in [0, 0.1) is 0 Å². The Hall–Kier alpha value is -2.42. The molecule has 1 amide bonds. The number of para-hydroxylation sites is 1. The van der Waals surface area contributed by atoms with Crippen LogP contribution in [0.15, 0.2) is 47.8 Å². The highest BCUT2D eigenvalue weighted by atomic mass is 32.2. The Bertz CT molecular complexity index is 751. The van der Waals surface area contributed by atoms with Crippen LogP contribution in [0.4, 0.5) is 14.5 Å². The van der Waals surface area contributed by atoms with Crippen LogP contribution in [0.25, 0.3) is 0 Å². The first kappa shape index (κ1) is 15.0. The molecule has 0 bridgehead atoms. The van der Waals surface area contributed by atoms with Gasteiger partial charge in [0.15, 0.2) is 0 Å². The van der Waals surface area contributed by atoms with Gasteiger partial charge in [0.25, 0.3) is 5.91 Å². The van der Waals surface area contributed by atoms with E-state index in [4.69, 9.17) is 0 Å². The molecule has 2 aromatic rings. The predicted molar refractivity (Wildman–Crippen MR) is 69.6 cm³/mol. The van der Waals surface area contributed by atoms with Crippen molar-refractivity contribution in [1.82, 2.24) is 9.97 Å². The van der Waals surface area contributed by atoms with E-state index < -0.39 is 26.4 Å². The first-order valence-electron chi connectivity index (χ1n) is 5.61. The molecule has 0 atom stereocenters. The van der Waals surface area contributed by atoms with Crippen molar-refractivity contribution in [2.45, 2.75) is 10.7 Å². The number of alkyl halides is 2. The minimum Gasteiger partial charge on any atom is -0.319 e. The second kappa shape index (κ2) is 5.92. The normalized spacial score (nSPS) is 11.4. The molecule has 0 unspecified atom stereocenters. The molecule has 1 N–H and O–H groups in total. The number of aromatic nitrogens is 2. The Kier molecular flexibility index (Phi) is 4.22. The molecule has 0 aliphatic rings. The second-order valence-corrected chi connectivity index (χ2v) is 5.73. The molecule has 21 heavy (non-hydrogen) atoms. The van der Waals surface area contributed by atoms with Crippen LogP contribution in [-0.2, 0) is 9.84 Å². The lowest BCUT2D eigenvalue weighted by Gasteiger charge is -2.10. The van der Waals surface area contributed by atoms with Crippen molar-refractivity contribution in [3.8, 4) is 0 Å². The van der Waals surface area contributed by atoms with Crippen molar-refractivity contribution in [3.05, 3.63) is 48.5 Å².